The maximum Gasteiger partial charge on any atom is 0.241 e. The van der Waals surface area contributed by atoms with E-state index < -0.39 is 10.0 Å². The molecule has 0 amide bonds. The van der Waals surface area contributed by atoms with Crippen LogP contribution in [0.3, 0.4) is 0 Å². The Bertz CT molecular complexity index is 525. The van der Waals surface area contributed by atoms with E-state index in [1.165, 1.54) is 6.07 Å². The van der Waals surface area contributed by atoms with Crippen molar-refractivity contribution in [1.29, 1.82) is 0 Å². The molecule has 100 valence electrons. The van der Waals surface area contributed by atoms with E-state index in [4.69, 9.17) is 18.0 Å². The number of hydrogen-bond donors (Lipinski definition) is 2. The molecule has 1 aromatic rings. The Labute approximate surface area is 114 Å². The van der Waals surface area contributed by atoms with Crippen LogP contribution in [0.1, 0.15) is 25.8 Å². The summed E-state index contributed by atoms with van der Waals surface area (Å²) >= 11 is 4.86. The van der Waals surface area contributed by atoms with Crippen LogP contribution in [0.2, 0.25) is 0 Å². The second kappa shape index (κ2) is 6.26. The Kier molecular flexibility index (Phi) is 5.25. The van der Waals surface area contributed by atoms with Crippen LogP contribution < -0.4 is 10.5 Å². The second-order valence-corrected chi connectivity index (χ2v) is 6.62. The van der Waals surface area contributed by atoms with Crippen molar-refractivity contribution < 1.29 is 8.42 Å². The topological polar surface area (TPSA) is 72.2 Å². The van der Waals surface area contributed by atoms with Gasteiger partial charge >= 0.3 is 0 Å². The predicted octanol–water partition coefficient (Wildman–Crippen LogP) is 1.65. The van der Waals surface area contributed by atoms with Gasteiger partial charge in [-0.05, 0) is 18.4 Å². The molecule has 0 unspecified atom stereocenters. The zero-order valence-corrected chi connectivity index (χ0v) is 12.1. The smallest absolute Gasteiger partial charge is 0.241 e. The zero-order chi connectivity index (χ0) is 13.8. The van der Waals surface area contributed by atoms with E-state index in [2.05, 4.69) is 4.72 Å². The van der Waals surface area contributed by atoms with Crippen LogP contribution in [0, 0.1) is 5.92 Å². The highest BCUT2D eigenvalue weighted by molar-refractivity contribution is 7.89. The van der Waals surface area contributed by atoms with Crippen LogP contribution in [0.4, 0.5) is 0 Å². The Morgan fingerprint density at radius 3 is 2.56 bits per heavy atom. The van der Waals surface area contributed by atoms with Crippen LogP contribution in [-0.2, 0) is 10.0 Å². The molecule has 0 spiro atoms. The van der Waals surface area contributed by atoms with Crippen LogP contribution in [0.5, 0.6) is 0 Å². The lowest BCUT2D eigenvalue weighted by Gasteiger charge is -2.11. The minimum atomic E-state index is -3.55. The highest BCUT2D eigenvalue weighted by Gasteiger charge is 2.18. The SMILES string of the molecule is CC(C)CCNS(=O)(=O)c1ccccc1C(N)=S. The summed E-state index contributed by atoms with van der Waals surface area (Å²) in [5.74, 6) is 0.443. The van der Waals surface area contributed by atoms with Gasteiger partial charge in [0, 0.05) is 12.1 Å². The summed E-state index contributed by atoms with van der Waals surface area (Å²) in [5.41, 5.74) is 5.91. The van der Waals surface area contributed by atoms with E-state index in [0.717, 1.165) is 6.42 Å². The van der Waals surface area contributed by atoms with Gasteiger partial charge in [-0.2, -0.15) is 0 Å². The molecule has 0 saturated carbocycles. The van der Waals surface area contributed by atoms with Gasteiger partial charge in [-0.3, -0.25) is 0 Å². The standard InChI is InChI=1S/C12H18N2O2S2/c1-9(2)7-8-14-18(15,16)11-6-4-3-5-10(11)12(13)17/h3-6,9,14H,7-8H2,1-2H3,(H2,13,17). The second-order valence-electron chi connectivity index (χ2n) is 4.44. The van der Waals surface area contributed by atoms with Gasteiger partial charge in [0.2, 0.25) is 10.0 Å². The summed E-state index contributed by atoms with van der Waals surface area (Å²) in [7, 11) is -3.55. The Balaban J connectivity index is 2.95. The number of sulfonamides is 1. The molecule has 0 aromatic heterocycles. The van der Waals surface area contributed by atoms with Crippen molar-refractivity contribution in [3.8, 4) is 0 Å². The molecule has 1 aromatic carbocycles. The molecule has 0 radical (unpaired) electrons. The first kappa shape index (κ1) is 15.1. The van der Waals surface area contributed by atoms with Gasteiger partial charge in [0.25, 0.3) is 0 Å². The Hall–Kier alpha value is -0.980. The number of rotatable bonds is 6. The van der Waals surface area contributed by atoms with E-state index in [1.54, 1.807) is 18.2 Å². The van der Waals surface area contributed by atoms with Crippen LogP contribution in [0.15, 0.2) is 29.2 Å². The van der Waals surface area contributed by atoms with Crippen molar-refractivity contribution in [2.75, 3.05) is 6.54 Å². The molecule has 3 N–H and O–H groups in total. The number of thiocarbonyl (C=S) groups is 1. The molecule has 0 aliphatic carbocycles. The van der Waals surface area contributed by atoms with Crippen molar-refractivity contribution in [1.82, 2.24) is 4.72 Å². The molecule has 0 saturated heterocycles. The fourth-order valence-corrected chi connectivity index (χ4v) is 2.97. The largest absolute Gasteiger partial charge is 0.389 e. The molecular weight excluding hydrogens is 268 g/mol. The quantitative estimate of drug-likeness (QED) is 0.780. The molecule has 0 heterocycles. The van der Waals surface area contributed by atoms with Crippen LogP contribution in [0.25, 0.3) is 0 Å². The number of nitrogens with two attached hydrogens (primary N) is 1. The number of nitrogens with one attached hydrogen (secondary N) is 1. The van der Waals surface area contributed by atoms with Crippen molar-refractivity contribution in [2.45, 2.75) is 25.2 Å². The summed E-state index contributed by atoms with van der Waals surface area (Å²) in [6.07, 6.45) is 0.786. The summed E-state index contributed by atoms with van der Waals surface area (Å²) in [6, 6.07) is 6.48. The first-order valence-electron chi connectivity index (χ1n) is 5.73. The Morgan fingerprint density at radius 1 is 1.39 bits per heavy atom. The minimum absolute atomic E-state index is 0.0832. The van der Waals surface area contributed by atoms with Gasteiger partial charge in [-0.1, -0.05) is 44.3 Å². The van der Waals surface area contributed by atoms with E-state index in [-0.39, 0.29) is 9.88 Å². The fraction of sp³-hybridized carbons (Fsp3) is 0.417. The van der Waals surface area contributed by atoms with Crippen LogP contribution in [-0.4, -0.2) is 20.0 Å². The third-order valence-electron chi connectivity index (χ3n) is 2.46. The van der Waals surface area contributed by atoms with Gasteiger partial charge in [0.15, 0.2) is 0 Å². The fourth-order valence-electron chi connectivity index (χ4n) is 1.46. The lowest BCUT2D eigenvalue weighted by Crippen LogP contribution is -2.28. The average Bonchev–Trinajstić information content (AvgIpc) is 2.28. The average molecular weight is 286 g/mol. The van der Waals surface area contributed by atoms with Crippen LogP contribution >= 0.6 is 12.2 Å². The van der Waals surface area contributed by atoms with Crippen molar-refractivity contribution >= 4 is 27.2 Å². The molecule has 1 rings (SSSR count). The summed E-state index contributed by atoms with van der Waals surface area (Å²) < 4.78 is 26.8. The molecular formula is C12H18N2O2S2. The summed E-state index contributed by atoms with van der Waals surface area (Å²) in [6.45, 7) is 4.49. The first-order chi connectivity index (χ1) is 8.34. The van der Waals surface area contributed by atoms with Crippen molar-refractivity contribution in [3.63, 3.8) is 0 Å². The lowest BCUT2D eigenvalue weighted by molar-refractivity contribution is 0.551. The molecule has 0 atom stereocenters. The summed E-state index contributed by atoms with van der Waals surface area (Å²) in [5, 5.41) is 0. The van der Waals surface area contributed by atoms with Gasteiger partial charge in [0.1, 0.15) is 4.99 Å². The van der Waals surface area contributed by atoms with E-state index in [9.17, 15) is 8.42 Å². The summed E-state index contributed by atoms with van der Waals surface area (Å²) in [4.78, 5) is 0.223. The molecule has 4 nitrogen and oxygen atoms in total. The minimum Gasteiger partial charge on any atom is -0.389 e. The number of hydrogen-bond acceptors (Lipinski definition) is 3. The van der Waals surface area contributed by atoms with Gasteiger partial charge in [-0.25, -0.2) is 13.1 Å². The van der Waals surface area contributed by atoms with E-state index >= 15 is 0 Å². The molecule has 0 bridgehead atoms. The molecule has 0 aliphatic rings. The highest BCUT2D eigenvalue weighted by atomic mass is 32.2. The van der Waals surface area contributed by atoms with E-state index in [0.29, 0.717) is 18.0 Å². The predicted molar refractivity (Wildman–Crippen MR) is 77.0 cm³/mol. The maximum atomic E-state index is 12.1. The third kappa shape index (κ3) is 4.04. The first-order valence-corrected chi connectivity index (χ1v) is 7.62. The van der Waals surface area contributed by atoms with Crippen molar-refractivity contribution in [2.24, 2.45) is 11.7 Å². The molecule has 0 aliphatic heterocycles. The normalized spacial score (nSPS) is 11.7. The Morgan fingerprint density at radius 2 is 2.00 bits per heavy atom. The van der Waals surface area contributed by atoms with Gasteiger partial charge < -0.3 is 5.73 Å². The monoisotopic (exact) mass is 286 g/mol. The highest BCUT2D eigenvalue weighted by Crippen LogP contribution is 2.15. The van der Waals surface area contributed by atoms with Gasteiger partial charge in [0.05, 0.1) is 4.90 Å². The van der Waals surface area contributed by atoms with Crippen molar-refractivity contribution in [3.05, 3.63) is 29.8 Å². The zero-order valence-electron chi connectivity index (χ0n) is 10.5. The third-order valence-corrected chi connectivity index (χ3v) is 4.19. The number of benzene rings is 1. The maximum absolute atomic E-state index is 12.1. The lowest BCUT2D eigenvalue weighted by atomic mass is 10.1. The van der Waals surface area contributed by atoms with Gasteiger partial charge in [-0.15, -0.1) is 0 Å². The van der Waals surface area contributed by atoms with E-state index in [1.807, 2.05) is 13.8 Å². The molecule has 6 heteroatoms. The molecule has 18 heavy (non-hydrogen) atoms. The molecule has 0 fully saturated rings.